The van der Waals surface area contributed by atoms with E-state index in [0.717, 1.165) is 16.3 Å². The Bertz CT molecular complexity index is 844. The zero-order valence-electron chi connectivity index (χ0n) is 18.8. The van der Waals surface area contributed by atoms with E-state index in [1.807, 2.05) is 61.3 Å². The zero-order chi connectivity index (χ0) is 22.3. The van der Waals surface area contributed by atoms with Gasteiger partial charge in [-0.1, -0.05) is 57.5 Å². The number of amides is 2. The van der Waals surface area contributed by atoms with Crippen LogP contribution in [0.15, 0.2) is 42.6 Å². The van der Waals surface area contributed by atoms with Crippen LogP contribution in [0.1, 0.15) is 45.9 Å². The number of aromatic nitrogens is 1. The highest BCUT2D eigenvalue weighted by molar-refractivity contribution is 6.31. The lowest BCUT2D eigenvalue weighted by Gasteiger charge is -2.29. The van der Waals surface area contributed by atoms with Crippen LogP contribution in [0.4, 0.5) is 0 Å². The van der Waals surface area contributed by atoms with Gasteiger partial charge in [-0.2, -0.15) is 0 Å². The molecule has 30 heavy (non-hydrogen) atoms. The van der Waals surface area contributed by atoms with E-state index in [2.05, 4.69) is 18.4 Å². The second-order valence-corrected chi connectivity index (χ2v) is 9.09. The van der Waals surface area contributed by atoms with Gasteiger partial charge in [0.15, 0.2) is 0 Å². The standard InChI is InChI=1S/C24H34ClN3O2/c1-18(2)13-27(20(5)29)17-24(30)28(14-19(3)4)16-22-10-8-12-26(22)15-21-9-6-7-11-23(21)25/h6-12,18-19H,13-17H2,1-5H3. The van der Waals surface area contributed by atoms with Crippen molar-refractivity contribution >= 4 is 23.4 Å². The summed E-state index contributed by atoms with van der Waals surface area (Å²) in [5.74, 6) is 0.554. The number of hydrogen-bond acceptors (Lipinski definition) is 2. The number of carbonyl (C=O) groups excluding carboxylic acids is 2. The van der Waals surface area contributed by atoms with Crippen LogP contribution in [0, 0.1) is 11.8 Å². The van der Waals surface area contributed by atoms with Gasteiger partial charge >= 0.3 is 0 Å². The van der Waals surface area contributed by atoms with Gasteiger partial charge in [0.2, 0.25) is 11.8 Å². The third kappa shape index (κ3) is 7.21. The van der Waals surface area contributed by atoms with E-state index < -0.39 is 0 Å². The molecule has 0 saturated heterocycles. The van der Waals surface area contributed by atoms with E-state index in [0.29, 0.717) is 38.0 Å². The van der Waals surface area contributed by atoms with E-state index >= 15 is 0 Å². The summed E-state index contributed by atoms with van der Waals surface area (Å²) in [7, 11) is 0. The molecule has 0 fully saturated rings. The first-order chi connectivity index (χ1) is 14.2. The van der Waals surface area contributed by atoms with Crippen molar-refractivity contribution in [3.63, 3.8) is 0 Å². The fraction of sp³-hybridized carbons (Fsp3) is 0.500. The average molecular weight is 432 g/mol. The number of hydrogen-bond donors (Lipinski definition) is 0. The number of rotatable bonds is 10. The number of nitrogens with zero attached hydrogens (tertiary/aromatic N) is 3. The Morgan fingerprint density at radius 2 is 1.60 bits per heavy atom. The maximum atomic E-state index is 13.1. The maximum absolute atomic E-state index is 13.1. The van der Waals surface area contributed by atoms with Crippen molar-refractivity contribution in [2.24, 2.45) is 11.8 Å². The lowest BCUT2D eigenvalue weighted by molar-refractivity contribution is -0.140. The molecule has 0 N–H and O–H groups in total. The maximum Gasteiger partial charge on any atom is 0.242 e. The Kier molecular flexibility index (Phi) is 8.97. The molecule has 5 nitrogen and oxygen atoms in total. The zero-order valence-corrected chi connectivity index (χ0v) is 19.5. The minimum Gasteiger partial charge on any atom is -0.345 e. The molecule has 0 unspecified atom stereocenters. The van der Waals surface area contributed by atoms with Crippen molar-refractivity contribution < 1.29 is 9.59 Å². The minimum atomic E-state index is -0.0661. The molecule has 0 bridgehead atoms. The minimum absolute atomic E-state index is 0.0231. The van der Waals surface area contributed by atoms with Crippen LogP contribution in [0.2, 0.25) is 5.02 Å². The lowest BCUT2D eigenvalue weighted by atomic mass is 10.2. The van der Waals surface area contributed by atoms with Crippen LogP contribution in [0.5, 0.6) is 0 Å². The molecule has 0 radical (unpaired) electrons. The molecule has 0 aliphatic rings. The van der Waals surface area contributed by atoms with E-state index in [1.54, 1.807) is 4.90 Å². The molecule has 1 aromatic carbocycles. The van der Waals surface area contributed by atoms with Crippen molar-refractivity contribution in [1.29, 1.82) is 0 Å². The normalized spacial score (nSPS) is 11.2. The molecule has 0 spiro atoms. The van der Waals surface area contributed by atoms with Crippen LogP contribution in [-0.2, 0) is 22.7 Å². The second-order valence-electron chi connectivity index (χ2n) is 8.68. The molecule has 0 atom stereocenters. The molecule has 0 saturated carbocycles. The summed E-state index contributed by atoms with van der Waals surface area (Å²) >= 11 is 6.33. The molecule has 1 aromatic heterocycles. The largest absolute Gasteiger partial charge is 0.345 e. The number of halogens is 1. The van der Waals surface area contributed by atoms with Crippen molar-refractivity contribution in [1.82, 2.24) is 14.4 Å². The van der Waals surface area contributed by atoms with E-state index in [4.69, 9.17) is 11.6 Å². The highest BCUT2D eigenvalue weighted by Crippen LogP contribution is 2.18. The molecule has 0 aliphatic heterocycles. The lowest BCUT2D eigenvalue weighted by Crippen LogP contribution is -2.44. The van der Waals surface area contributed by atoms with Gasteiger partial charge in [0, 0.05) is 43.5 Å². The Morgan fingerprint density at radius 3 is 2.20 bits per heavy atom. The van der Waals surface area contributed by atoms with Gasteiger partial charge in [0.1, 0.15) is 0 Å². The Hall–Kier alpha value is -2.27. The summed E-state index contributed by atoms with van der Waals surface area (Å²) in [5, 5.41) is 0.734. The summed E-state index contributed by atoms with van der Waals surface area (Å²) in [4.78, 5) is 28.6. The molecule has 2 rings (SSSR count). The fourth-order valence-corrected chi connectivity index (χ4v) is 3.65. The first kappa shape index (κ1) is 24.0. The van der Waals surface area contributed by atoms with Crippen LogP contribution in [0.3, 0.4) is 0 Å². The predicted molar refractivity (Wildman–Crippen MR) is 122 cm³/mol. The van der Waals surface area contributed by atoms with Gasteiger partial charge in [-0.05, 0) is 35.6 Å². The Balaban J connectivity index is 2.17. The Labute approximate surface area is 185 Å². The summed E-state index contributed by atoms with van der Waals surface area (Å²) in [6.45, 7) is 12.3. The van der Waals surface area contributed by atoms with E-state index in [1.165, 1.54) is 6.92 Å². The van der Waals surface area contributed by atoms with Crippen molar-refractivity contribution in [3.8, 4) is 0 Å². The van der Waals surface area contributed by atoms with Gasteiger partial charge in [-0.25, -0.2) is 0 Å². The highest BCUT2D eigenvalue weighted by atomic mass is 35.5. The van der Waals surface area contributed by atoms with Gasteiger partial charge < -0.3 is 14.4 Å². The van der Waals surface area contributed by atoms with Gasteiger partial charge in [0.25, 0.3) is 0 Å². The summed E-state index contributed by atoms with van der Waals surface area (Å²) in [6, 6.07) is 11.8. The van der Waals surface area contributed by atoms with Crippen LogP contribution in [0.25, 0.3) is 0 Å². The van der Waals surface area contributed by atoms with E-state index in [9.17, 15) is 9.59 Å². The van der Waals surface area contributed by atoms with E-state index in [-0.39, 0.29) is 18.4 Å². The SMILES string of the molecule is CC(=O)N(CC(=O)N(Cc1cccn1Cc1ccccc1Cl)CC(C)C)CC(C)C. The summed E-state index contributed by atoms with van der Waals surface area (Å²) in [6.07, 6.45) is 2.01. The smallest absolute Gasteiger partial charge is 0.242 e. The molecule has 6 heteroatoms. The molecule has 0 aliphatic carbocycles. The Morgan fingerprint density at radius 1 is 0.967 bits per heavy atom. The fourth-order valence-electron chi connectivity index (χ4n) is 3.46. The topological polar surface area (TPSA) is 45.6 Å². The van der Waals surface area contributed by atoms with Crippen LogP contribution >= 0.6 is 11.6 Å². The third-order valence-corrected chi connectivity index (χ3v) is 5.24. The van der Waals surface area contributed by atoms with Crippen LogP contribution in [-0.4, -0.2) is 45.8 Å². The first-order valence-electron chi connectivity index (χ1n) is 10.6. The first-order valence-corrected chi connectivity index (χ1v) is 11.0. The van der Waals surface area contributed by atoms with Crippen molar-refractivity contribution in [3.05, 3.63) is 58.9 Å². The molecule has 2 amide bonds. The molecular formula is C24H34ClN3O2. The summed E-state index contributed by atoms with van der Waals surface area (Å²) in [5.41, 5.74) is 2.08. The molecule has 1 heterocycles. The van der Waals surface area contributed by atoms with Gasteiger partial charge in [0.05, 0.1) is 13.1 Å². The summed E-state index contributed by atoms with van der Waals surface area (Å²) < 4.78 is 2.12. The second kappa shape index (κ2) is 11.2. The van der Waals surface area contributed by atoms with Gasteiger partial charge in [-0.3, -0.25) is 9.59 Å². The quantitative estimate of drug-likeness (QED) is 0.548. The average Bonchev–Trinajstić information content (AvgIpc) is 3.08. The number of carbonyl (C=O) groups is 2. The predicted octanol–water partition coefficient (Wildman–Crippen LogP) is 4.68. The van der Waals surface area contributed by atoms with Crippen molar-refractivity contribution in [2.75, 3.05) is 19.6 Å². The van der Waals surface area contributed by atoms with Gasteiger partial charge in [-0.15, -0.1) is 0 Å². The number of benzene rings is 1. The third-order valence-electron chi connectivity index (χ3n) is 4.87. The molecule has 2 aromatic rings. The van der Waals surface area contributed by atoms with Crippen LogP contribution < -0.4 is 0 Å². The molecule has 164 valence electrons. The monoisotopic (exact) mass is 431 g/mol. The highest BCUT2D eigenvalue weighted by Gasteiger charge is 2.22. The molecular weight excluding hydrogens is 398 g/mol. The van der Waals surface area contributed by atoms with Crippen molar-refractivity contribution in [2.45, 2.75) is 47.7 Å².